The van der Waals surface area contributed by atoms with E-state index in [9.17, 15) is 14.7 Å². The summed E-state index contributed by atoms with van der Waals surface area (Å²) in [6.07, 6.45) is 3.34. The second-order valence-electron chi connectivity index (χ2n) is 9.45. The van der Waals surface area contributed by atoms with Gasteiger partial charge in [0.05, 0.1) is 18.1 Å². The van der Waals surface area contributed by atoms with E-state index in [4.69, 9.17) is 14.2 Å². The summed E-state index contributed by atoms with van der Waals surface area (Å²) in [6.45, 7) is 2.70. The predicted molar refractivity (Wildman–Crippen MR) is 127 cm³/mol. The van der Waals surface area contributed by atoms with E-state index < -0.39 is 11.4 Å². The number of fused-ring (bicyclic) bond motifs is 2. The first-order valence-corrected chi connectivity index (χ1v) is 11.8. The zero-order valence-corrected chi connectivity index (χ0v) is 19.2. The molecule has 1 aliphatic heterocycles. The molecule has 1 heterocycles. The fourth-order valence-electron chi connectivity index (χ4n) is 4.98. The van der Waals surface area contributed by atoms with Gasteiger partial charge in [-0.3, -0.25) is 4.79 Å². The molecule has 5 rings (SSSR count). The second-order valence-corrected chi connectivity index (χ2v) is 9.45. The van der Waals surface area contributed by atoms with Crippen molar-refractivity contribution in [1.82, 2.24) is 0 Å². The van der Waals surface area contributed by atoms with Gasteiger partial charge in [0, 0.05) is 12.0 Å². The first-order valence-electron chi connectivity index (χ1n) is 11.8. The lowest BCUT2D eigenvalue weighted by atomic mass is 9.74. The normalized spacial score (nSPS) is 21.5. The van der Waals surface area contributed by atoms with Crippen LogP contribution in [0.2, 0.25) is 0 Å². The lowest BCUT2D eigenvalue weighted by molar-refractivity contribution is -0.159. The molecule has 0 spiro atoms. The Bertz CT molecular complexity index is 1230. The largest absolute Gasteiger partial charge is 0.492 e. The van der Waals surface area contributed by atoms with Crippen molar-refractivity contribution >= 4 is 22.7 Å². The molecule has 176 valence electrons. The van der Waals surface area contributed by atoms with Crippen molar-refractivity contribution in [2.75, 3.05) is 6.61 Å². The van der Waals surface area contributed by atoms with Crippen molar-refractivity contribution < 1.29 is 28.9 Å². The van der Waals surface area contributed by atoms with Crippen molar-refractivity contribution in [2.45, 2.75) is 51.7 Å². The van der Waals surface area contributed by atoms with Crippen LogP contribution in [0.25, 0.3) is 10.8 Å². The Kier molecular flexibility index (Phi) is 5.90. The third-order valence-electron chi connectivity index (χ3n) is 7.06. The smallest absolute Gasteiger partial charge is 0.339 e. The van der Waals surface area contributed by atoms with Gasteiger partial charge in [-0.15, -0.1) is 0 Å². The van der Waals surface area contributed by atoms with E-state index in [0.717, 1.165) is 21.9 Å². The molecule has 1 N–H and O–H groups in total. The van der Waals surface area contributed by atoms with Gasteiger partial charge in [0.2, 0.25) is 0 Å². The van der Waals surface area contributed by atoms with Crippen molar-refractivity contribution in [1.29, 1.82) is 0 Å². The van der Waals surface area contributed by atoms with Gasteiger partial charge < -0.3 is 19.3 Å². The van der Waals surface area contributed by atoms with E-state index in [1.54, 1.807) is 6.07 Å². The summed E-state index contributed by atoms with van der Waals surface area (Å²) >= 11 is 0. The molecule has 0 saturated heterocycles. The number of rotatable bonds is 6. The highest BCUT2D eigenvalue weighted by molar-refractivity contribution is 5.92. The molecule has 6 nitrogen and oxygen atoms in total. The Morgan fingerprint density at radius 1 is 1.09 bits per heavy atom. The van der Waals surface area contributed by atoms with Crippen molar-refractivity contribution in [3.8, 4) is 11.5 Å². The number of hydrogen-bond acceptors (Lipinski definition) is 5. The SMILES string of the molecule is C[C@]1(C(=O)OCc2cccc3ccccc23)CC[C@@H](Oc2cc3c(c(C(=O)O)c2)OCC3)CC1. The number of aromatic carboxylic acids is 1. The molecule has 0 unspecified atom stereocenters. The molecule has 0 aromatic heterocycles. The minimum Gasteiger partial charge on any atom is -0.492 e. The molecular formula is C28H28O6. The van der Waals surface area contributed by atoms with Crippen LogP contribution in [-0.2, 0) is 22.6 Å². The summed E-state index contributed by atoms with van der Waals surface area (Å²) < 4.78 is 17.4. The number of carbonyl (C=O) groups is 2. The molecule has 0 radical (unpaired) electrons. The summed E-state index contributed by atoms with van der Waals surface area (Å²) in [6, 6.07) is 17.5. The van der Waals surface area contributed by atoms with Crippen molar-refractivity contribution in [2.24, 2.45) is 5.41 Å². The van der Waals surface area contributed by atoms with Gasteiger partial charge in [-0.25, -0.2) is 4.79 Å². The van der Waals surface area contributed by atoms with E-state index in [0.29, 0.717) is 50.2 Å². The van der Waals surface area contributed by atoms with Crippen LogP contribution in [0.15, 0.2) is 54.6 Å². The van der Waals surface area contributed by atoms with Crippen LogP contribution in [0.5, 0.6) is 11.5 Å². The summed E-state index contributed by atoms with van der Waals surface area (Å²) in [7, 11) is 0. The van der Waals surface area contributed by atoms with Crippen LogP contribution in [0.3, 0.4) is 0 Å². The van der Waals surface area contributed by atoms with E-state index in [-0.39, 0.29) is 24.2 Å². The van der Waals surface area contributed by atoms with E-state index in [1.807, 2.05) is 43.3 Å². The maximum absolute atomic E-state index is 13.0. The number of benzene rings is 3. The van der Waals surface area contributed by atoms with Gasteiger partial charge >= 0.3 is 11.9 Å². The van der Waals surface area contributed by atoms with E-state index >= 15 is 0 Å². The molecule has 0 bridgehead atoms. The lowest BCUT2D eigenvalue weighted by Crippen LogP contribution is -2.37. The molecule has 2 aliphatic rings. The number of carbonyl (C=O) groups excluding carboxylic acids is 1. The number of ether oxygens (including phenoxy) is 3. The molecule has 3 aromatic rings. The van der Waals surface area contributed by atoms with Gasteiger partial charge in [-0.1, -0.05) is 42.5 Å². The topological polar surface area (TPSA) is 82.1 Å². The van der Waals surface area contributed by atoms with Crippen LogP contribution in [0.1, 0.15) is 54.1 Å². The van der Waals surface area contributed by atoms with E-state index in [2.05, 4.69) is 12.1 Å². The third kappa shape index (κ3) is 4.32. The fraction of sp³-hybridized carbons (Fsp3) is 0.357. The van der Waals surface area contributed by atoms with Gasteiger partial charge in [0.15, 0.2) is 0 Å². The Hall–Kier alpha value is -3.54. The van der Waals surface area contributed by atoms with Crippen molar-refractivity contribution in [3.63, 3.8) is 0 Å². The van der Waals surface area contributed by atoms with Crippen LogP contribution in [-0.4, -0.2) is 29.8 Å². The standard InChI is InChI=1S/C28H28O6/c1-28(27(31)33-17-20-7-4-6-18-5-2-3-8-23(18)20)12-9-21(10-13-28)34-22-15-19-11-14-32-25(19)24(16-22)26(29)30/h2-8,15-16,21H,9-14,17H2,1H3,(H,29,30)/t21-,28+. The van der Waals surface area contributed by atoms with Gasteiger partial charge in [0.1, 0.15) is 23.7 Å². The second kappa shape index (κ2) is 9.01. The maximum Gasteiger partial charge on any atom is 0.339 e. The maximum atomic E-state index is 13.0. The summed E-state index contributed by atoms with van der Waals surface area (Å²) in [5.41, 5.74) is 1.46. The molecule has 34 heavy (non-hydrogen) atoms. The average molecular weight is 461 g/mol. The Balaban J connectivity index is 1.20. The molecule has 1 saturated carbocycles. The zero-order chi connectivity index (χ0) is 23.7. The third-order valence-corrected chi connectivity index (χ3v) is 7.06. The average Bonchev–Trinajstić information content (AvgIpc) is 3.32. The highest BCUT2D eigenvalue weighted by atomic mass is 16.5. The highest BCUT2D eigenvalue weighted by Gasteiger charge is 2.39. The minimum absolute atomic E-state index is 0.0686. The monoisotopic (exact) mass is 460 g/mol. The lowest BCUT2D eigenvalue weighted by Gasteiger charge is -2.35. The summed E-state index contributed by atoms with van der Waals surface area (Å²) in [5.74, 6) is -0.200. The molecule has 1 aliphatic carbocycles. The zero-order valence-electron chi connectivity index (χ0n) is 19.2. The molecule has 3 aromatic carbocycles. The molecule has 6 heteroatoms. The number of esters is 1. The number of hydrogen-bond donors (Lipinski definition) is 1. The van der Waals surface area contributed by atoms with Gasteiger partial charge in [-0.05, 0) is 61.1 Å². The van der Waals surface area contributed by atoms with Gasteiger partial charge in [0.25, 0.3) is 0 Å². The summed E-state index contributed by atoms with van der Waals surface area (Å²) in [4.78, 5) is 24.6. The van der Waals surface area contributed by atoms with Crippen LogP contribution >= 0.6 is 0 Å². The van der Waals surface area contributed by atoms with Crippen molar-refractivity contribution in [3.05, 3.63) is 71.3 Å². The number of carboxylic acids is 1. The Morgan fingerprint density at radius 2 is 1.85 bits per heavy atom. The predicted octanol–water partition coefficient (Wildman–Crippen LogP) is 5.54. The Labute approximate surface area is 198 Å². The molecule has 0 atom stereocenters. The minimum atomic E-state index is -1.02. The number of carboxylic acid groups (broad SMARTS) is 1. The highest BCUT2D eigenvalue weighted by Crippen LogP contribution is 2.40. The summed E-state index contributed by atoms with van der Waals surface area (Å²) in [5, 5.41) is 11.7. The molecule has 0 amide bonds. The van der Waals surface area contributed by atoms with Gasteiger partial charge in [-0.2, -0.15) is 0 Å². The van der Waals surface area contributed by atoms with Crippen LogP contribution in [0.4, 0.5) is 0 Å². The first-order chi connectivity index (χ1) is 16.4. The first kappa shape index (κ1) is 22.3. The molecule has 1 fully saturated rings. The van der Waals surface area contributed by atoms with Crippen LogP contribution in [0, 0.1) is 5.41 Å². The van der Waals surface area contributed by atoms with Crippen LogP contribution < -0.4 is 9.47 Å². The quantitative estimate of drug-likeness (QED) is 0.486. The molecular weight excluding hydrogens is 432 g/mol. The van der Waals surface area contributed by atoms with E-state index in [1.165, 1.54) is 0 Å². The Morgan fingerprint density at radius 3 is 2.65 bits per heavy atom. The fourth-order valence-corrected chi connectivity index (χ4v) is 4.98.